The summed E-state index contributed by atoms with van der Waals surface area (Å²) in [7, 11) is 0. The summed E-state index contributed by atoms with van der Waals surface area (Å²) in [5.41, 5.74) is 4.44. The van der Waals surface area contributed by atoms with Gasteiger partial charge in [-0.25, -0.2) is 14.4 Å². The van der Waals surface area contributed by atoms with Crippen LogP contribution in [0.25, 0.3) is 0 Å². The van der Waals surface area contributed by atoms with Crippen molar-refractivity contribution in [2.24, 2.45) is 17.6 Å². The minimum atomic E-state index is -2.07. The summed E-state index contributed by atoms with van der Waals surface area (Å²) in [6, 6.07) is 0. The predicted octanol–water partition coefficient (Wildman–Crippen LogP) is -1.42. The number of hydrogen-bond acceptors (Lipinski definition) is 8. The van der Waals surface area contributed by atoms with Crippen LogP contribution >= 0.6 is 0 Å². The molecule has 0 aromatic carbocycles. The second-order valence-electron chi connectivity index (χ2n) is 6.12. The zero-order valence-electron chi connectivity index (χ0n) is 12.9. The van der Waals surface area contributed by atoms with Crippen molar-refractivity contribution < 1.29 is 48.8 Å². The lowest BCUT2D eigenvalue weighted by atomic mass is 9.87. The van der Waals surface area contributed by atoms with Crippen molar-refractivity contribution in [1.82, 2.24) is 0 Å². The van der Waals surface area contributed by atoms with E-state index < -0.39 is 59.4 Å². The van der Waals surface area contributed by atoms with E-state index in [0.717, 1.165) is 0 Å². The van der Waals surface area contributed by atoms with Crippen LogP contribution in [0.15, 0.2) is 0 Å². The smallest absolute Gasteiger partial charge is 0.343 e. The van der Waals surface area contributed by atoms with Gasteiger partial charge in [0.25, 0.3) is 0 Å². The molecule has 2 aliphatic rings. The van der Waals surface area contributed by atoms with Crippen LogP contribution in [0.2, 0.25) is 0 Å². The molecule has 11 heteroatoms. The number of aliphatic carboxylic acids is 3. The molecule has 0 aromatic rings. The molecule has 1 aliphatic carbocycles. The average Bonchev–Trinajstić information content (AvgIpc) is 3.11. The minimum Gasteiger partial charge on any atom is -0.481 e. The van der Waals surface area contributed by atoms with Crippen LogP contribution in [0.5, 0.6) is 0 Å². The van der Waals surface area contributed by atoms with Crippen LogP contribution in [0.3, 0.4) is 0 Å². The molecule has 0 radical (unpaired) electrons. The highest BCUT2D eigenvalue weighted by Gasteiger charge is 2.59. The molecule has 5 N–H and O–H groups in total. The van der Waals surface area contributed by atoms with E-state index >= 15 is 0 Å². The monoisotopic (exact) mass is 359 g/mol. The molecular formula is C14H17NO10. The van der Waals surface area contributed by atoms with Crippen LogP contribution in [-0.2, 0) is 33.4 Å². The van der Waals surface area contributed by atoms with Gasteiger partial charge in [-0.05, 0) is 12.8 Å². The van der Waals surface area contributed by atoms with Gasteiger partial charge in [-0.1, -0.05) is 12.8 Å². The lowest BCUT2D eigenvalue weighted by Crippen LogP contribution is -2.49. The zero-order valence-corrected chi connectivity index (χ0v) is 12.9. The molecule has 1 heterocycles. The third-order valence-electron chi connectivity index (χ3n) is 4.47. The van der Waals surface area contributed by atoms with Crippen molar-refractivity contribution >= 4 is 29.8 Å². The maximum atomic E-state index is 12.1. The fraction of sp³-hybridized carbons (Fsp3) is 0.643. The largest absolute Gasteiger partial charge is 0.481 e. The molecule has 0 bridgehead atoms. The highest BCUT2D eigenvalue weighted by molar-refractivity contribution is 5.97. The molecule has 4 unspecified atom stereocenters. The molecule has 1 saturated heterocycles. The summed E-state index contributed by atoms with van der Waals surface area (Å²) in [5, 5.41) is 27.3. The Morgan fingerprint density at radius 1 is 0.880 bits per heavy atom. The van der Waals surface area contributed by atoms with Gasteiger partial charge in [-0.3, -0.25) is 9.59 Å². The second kappa shape index (κ2) is 6.76. The summed E-state index contributed by atoms with van der Waals surface area (Å²) >= 11 is 0. The Labute approximate surface area is 140 Å². The van der Waals surface area contributed by atoms with Crippen molar-refractivity contribution in [3.8, 4) is 0 Å². The third-order valence-corrected chi connectivity index (χ3v) is 4.47. The molecule has 25 heavy (non-hydrogen) atoms. The first kappa shape index (κ1) is 18.8. The molecule has 2 rings (SSSR count). The number of rotatable bonds is 5. The van der Waals surface area contributed by atoms with E-state index in [-0.39, 0.29) is 12.8 Å². The number of carbonyl (C=O) groups excluding carboxylic acids is 2. The SMILES string of the molecule is NC1(C(=O)OC(=O)C2OC(C(=O)O)C(C(=O)O)C2C(=O)O)CCCC1. The average molecular weight is 359 g/mol. The Bertz CT molecular complexity index is 623. The topological polar surface area (TPSA) is 191 Å². The van der Waals surface area contributed by atoms with Gasteiger partial charge in [-0.2, -0.15) is 0 Å². The number of nitrogens with two attached hydrogens (primary N) is 1. The number of hydrogen-bond donors (Lipinski definition) is 4. The zero-order chi connectivity index (χ0) is 18.9. The Morgan fingerprint density at radius 3 is 1.80 bits per heavy atom. The van der Waals surface area contributed by atoms with Gasteiger partial charge >= 0.3 is 29.8 Å². The van der Waals surface area contributed by atoms with Crippen molar-refractivity contribution in [2.45, 2.75) is 43.4 Å². The summed E-state index contributed by atoms with van der Waals surface area (Å²) < 4.78 is 9.38. The first-order valence-corrected chi connectivity index (χ1v) is 7.47. The second-order valence-corrected chi connectivity index (χ2v) is 6.12. The third kappa shape index (κ3) is 3.46. The van der Waals surface area contributed by atoms with Gasteiger partial charge in [0, 0.05) is 0 Å². The van der Waals surface area contributed by atoms with Crippen molar-refractivity contribution in [1.29, 1.82) is 0 Å². The van der Waals surface area contributed by atoms with Crippen molar-refractivity contribution in [2.75, 3.05) is 0 Å². The number of carbonyl (C=O) groups is 5. The van der Waals surface area contributed by atoms with E-state index in [0.29, 0.717) is 12.8 Å². The molecule has 0 aromatic heterocycles. The van der Waals surface area contributed by atoms with Crippen molar-refractivity contribution in [3.05, 3.63) is 0 Å². The van der Waals surface area contributed by atoms with E-state index in [2.05, 4.69) is 4.74 Å². The maximum absolute atomic E-state index is 12.1. The van der Waals surface area contributed by atoms with Gasteiger partial charge in [0.05, 0.1) is 0 Å². The predicted molar refractivity (Wildman–Crippen MR) is 75.0 cm³/mol. The molecular weight excluding hydrogens is 342 g/mol. The molecule has 1 saturated carbocycles. The fourth-order valence-corrected chi connectivity index (χ4v) is 3.15. The minimum absolute atomic E-state index is 0.280. The van der Waals surface area contributed by atoms with Crippen molar-refractivity contribution in [3.63, 3.8) is 0 Å². The summed E-state index contributed by atoms with van der Waals surface area (Å²) in [6.45, 7) is 0. The van der Waals surface area contributed by atoms with Gasteiger partial charge in [0.15, 0.2) is 12.2 Å². The first-order chi connectivity index (χ1) is 11.6. The van der Waals surface area contributed by atoms with Gasteiger partial charge in [0.2, 0.25) is 0 Å². The lowest BCUT2D eigenvalue weighted by Gasteiger charge is -2.22. The molecule has 0 amide bonds. The van der Waals surface area contributed by atoms with Crippen LogP contribution in [0, 0.1) is 11.8 Å². The first-order valence-electron chi connectivity index (χ1n) is 7.47. The van der Waals surface area contributed by atoms with E-state index in [1.54, 1.807) is 0 Å². The summed E-state index contributed by atoms with van der Waals surface area (Å²) in [5.74, 6) is -11.8. The highest BCUT2D eigenvalue weighted by Crippen LogP contribution is 2.35. The number of carboxylic acid groups (broad SMARTS) is 3. The van der Waals surface area contributed by atoms with Crippen LogP contribution in [0.4, 0.5) is 0 Å². The Hall–Kier alpha value is -2.53. The molecule has 138 valence electrons. The number of esters is 2. The lowest BCUT2D eigenvalue weighted by molar-refractivity contribution is -0.175. The van der Waals surface area contributed by atoms with E-state index in [9.17, 15) is 29.1 Å². The van der Waals surface area contributed by atoms with Crippen LogP contribution in [-0.4, -0.2) is 62.9 Å². The summed E-state index contributed by atoms with van der Waals surface area (Å²) in [4.78, 5) is 57.9. The maximum Gasteiger partial charge on any atom is 0.343 e. The molecule has 11 nitrogen and oxygen atoms in total. The number of ether oxygens (including phenoxy) is 2. The summed E-state index contributed by atoms with van der Waals surface area (Å²) in [6.07, 6.45) is -2.25. The van der Waals surface area contributed by atoms with Gasteiger partial charge in [0.1, 0.15) is 17.4 Å². The highest BCUT2D eigenvalue weighted by atomic mass is 16.6. The fourth-order valence-electron chi connectivity index (χ4n) is 3.15. The van der Waals surface area contributed by atoms with E-state index in [1.165, 1.54) is 0 Å². The normalized spacial score (nSPS) is 30.6. The molecule has 4 atom stereocenters. The Morgan fingerprint density at radius 2 is 1.36 bits per heavy atom. The van der Waals surface area contributed by atoms with E-state index in [1.807, 2.05) is 0 Å². The number of carboxylic acids is 3. The van der Waals surface area contributed by atoms with E-state index in [4.69, 9.17) is 20.7 Å². The quantitative estimate of drug-likeness (QED) is 0.333. The Balaban J connectivity index is 2.22. The Kier molecular flexibility index (Phi) is 5.09. The molecule has 0 spiro atoms. The molecule has 1 aliphatic heterocycles. The van der Waals surface area contributed by atoms with Gasteiger partial charge in [-0.15, -0.1) is 0 Å². The van der Waals surface area contributed by atoms with Crippen LogP contribution in [0.1, 0.15) is 25.7 Å². The molecule has 2 fully saturated rings. The standard InChI is InChI=1S/C14H17NO10/c15-14(3-1-2-4-14)13(23)25-12(22)8-6(10(18)19)5(9(16)17)7(24-8)11(20)21/h5-8H,1-4,15H2,(H,16,17)(H,18,19)(H,20,21). The van der Waals surface area contributed by atoms with Crippen LogP contribution < -0.4 is 5.73 Å². The van der Waals surface area contributed by atoms with Gasteiger partial charge < -0.3 is 30.5 Å².